The van der Waals surface area contributed by atoms with E-state index >= 15 is 0 Å². The average molecular weight is 459 g/mol. The van der Waals surface area contributed by atoms with Gasteiger partial charge in [-0.2, -0.15) is 4.31 Å². The zero-order chi connectivity index (χ0) is 23.1. The highest BCUT2D eigenvalue weighted by atomic mass is 32.2. The summed E-state index contributed by atoms with van der Waals surface area (Å²) in [4.78, 5) is 13.5. The van der Waals surface area contributed by atoms with E-state index < -0.39 is 15.6 Å². The van der Waals surface area contributed by atoms with Crippen LogP contribution in [0.3, 0.4) is 0 Å². The van der Waals surface area contributed by atoms with Crippen molar-refractivity contribution >= 4 is 15.9 Å². The third kappa shape index (κ3) is 4.20. The highest BCUT2D eigenvalue weighted by Crippen LogP contribution is 2.42. The van der Waals surface area contributed by atoms with Crippen molar-refractivity contribution in [3.05, 3.63) is 64.5 Å². The van der Waals surface area contributed by atoms with Crippen LogP contribution in [0, 0.1) is 32.5 Å². The van der Waals surface area contributed by atoms with Gasteiger partial charge in [-0.05, 0) is 81.7 Å². The van der Waals surface area contributed by atoms with Crippen LogP contribution in [0.5, 0.6) is 0 Å². The molecule has 1 aliphatic carbocycles. The second kappa shape index (κ2) is 8.60. The molecule has 1 N–H and O–H groups in total. The number of sulfonamides is 1. The molecule has 2 aromatic rings. The maximum absolute atomic E-state index is 13.3. The molecule has 1 heterocycles. The van der Waals surface area contributed by atoms with E-state index in [2.05, 4.69) is 5.32 Å². The van der Waals surface area contributed by atoms with Gasteiger partial charge in [0.2, 0.25) is 15.9 Å². The lowest BCUT2D eigenvalue weighted by Gasteiger charge is -2.44. The first-order valence-corrected chi connectivity index (χ1v) is 12.7. The van der Waals surface area contributed by atoms with E-state index in [1.807, 2.05) is 32.9 Å². The van der Waals surface area contributed by atoms with E-state index in [-0.39, 0.29) is 17.6 Å². The third-order valence-electron chi connectivity index (χ3n) is 6.99. The number of halogens is 1. The smallest absolute Gasteiger partial charge is 0.243 e. The quantitative estimate of drug-likeness (QED) is 0.725. The number of piperidine rings is 1. The van der Waals surface area contributed by atoms with Gasteiger partial charge in [0, 0.05) is 19.0 Å². The Morgan fingerprint density at radius 1 is 1.03 bits per heavy atom. The molecular formula is C25H31FN2O3S. The summed E-state index contributed by atoms with van der Waals surface area (Å²) >= 11 is 0. The molecule has 0 aromatic heterocycles. The number of nitrogens with one attached hydrogen (secondary N) is 1. The fraction of sp³-hybridized carbons (Fsp3) is 0.480. The van der Waals surface area contributed by atoms with Crippen molar-refractivity contribution in [1.82, 2.24) is 9.62 Å². The van der Waals surface area contributed by atoms with Gasteiger partial charge in [-0.1, -0.05) is 29.8 Å². The molecule has 1 saturated carbocycles. The number of aryl methyl sites for hydroxylation is 3. The van der Waals surface area contributed by atoms with Crippen LogP contribution in [-0.2, 0) is 20.4 Å². The predicted molar refractivity (Wildman–Crippen MR) is 122 cm³/mol. The third-order valence-corrected chi connectivity index (χ3v) is 9.20. The van der Waals surface area contributed by atoms with Crippen LogP contribution >= 0.6 is 0 Å². The summed E-state index contributed by atoms with van der Waals surface area (Å²) in [5.41, 5.74) is 3.07. The van der Waals surface area contributed by atoms with E-state index in [4.69, 9.17) is 0 Å². The zero-order valence-corrected chi connectivity index (χ0v) is 19.8. The zero-order valence-electron chi connectivity index (χ0n) is 18.9. The Hall–Kier alpha value is -2.25. The van der Waals surface area contributed by atoms with Gasteiger partial charge in [0.25, 0.3) is 0 Å². The van der Waals surface area contributed by atoms with Crippen LogP contribution in [-0.4, -0.2) is 31.7 Å². The van der Waals surface area contributed by atoms with Crippen LogP contribution in [0.25, 0.3) is 0 Å². The number of rotatable bonds is 5. The Morgan fingerprint density at radius 3 is 2.09 bits per heavy atom. The summed E-state index contributed by atoms with van der Waals surface area (Å²) in [5, 5.41) is 3.22. The Kier molecular flexibility index (Phi) is 6.16. The van der Waals surface area contributed by atoms with E-state index in [1.54, 1.807) is 12.1 Å². The van der Waals surface area contributed by atoms with Gasteiger partial charge in [-0.3, -0.25) is 4.79 Å². The molecule has 0 bridgehead atoms. The minimum atomic E-state index is -3.60. The standard InChI is InChI=1S/C25H31FN2O3S/c1-17-15-18(2)23(19(3)16-17)32(30,31)28-13-9-20(10-14-28)24(29)27-25(11-4-12-25)21-5-7-22(26)8-6-21/h5-8,15-16,20H,4,9-14H2,1-3H3,(H,27,29). The molecule has 7 heteroatoms. The fourth-order valence-electron chi connectivity index (χ4n) is 5.18. The SMILES string of the molecule is Cc1cc(C)c(S(=O)(=O)N2CCC(C(=O)NC3(c4ccc(F)cc4)CCC3)CC2)c(C)c1. The lowest BCUT2D eigenvalue weighted by molar-refractivity contribution is -0.129. The molecule has 1 amide bonds. The van der Waals surface area contributed by atoms with Crippen molar-refractivity contribution in [3.63, 3.8) is 0 Å². The molecule has 2 fully saturated rings. The lowest BCUT2D eigenvalue weighted by Crippen LogP contribution is -2.53. The summed E-state index contributed by atoms with van der Waals surface area (Å²) in [6.07, 6.45) is 3.68. The average Bonchev–Trinajstić information content (AvgIpc) is 2.70. The fourth-order valence-corrected chi connectivity index (χ4v) is 7.07. The first-order chi connectivity index (χ1) is 15.1. The number of amides is 1. The molecule has 0 spiro atoms. The molecule has 0 radical (unpaired) electrons. The highest BCUT2D eigenvalue weighted by molar-refractivity contribution is 7.89. The molecule has 1 aliphatic heterocycles. The van der Waals surface area contributed by atoms with Gasteiger partial charge in [0.15, 0.2) is 0 Å². The highest BCUT2D eigenvalue weighted by Gasteiger charge is 2.42. The molecule has 2 aromatic carbocycles. The van der Waals surface area contributed by atoms with Crippen LogP contribution < -0.4 is 5.32 Å². The second-order valence-corrected chi connectivity index (χ2v) is 11.2. The first-order valence-electron chi connectivity index (χ1n) is 11.3. The maximum Gasteiger partial charge on any atom is 0.243 e. The van der Waals surface area contributed by atoms with Crippen molar-refractivity contribution in [3.8, 4) is 0 Å². The number of nitrogens with zero attached hydrogens (tertiary/aromatic N) is 1. The van der Waals surface area contributed by atoms with E-state index in [9.17, 15) is 17.6 Å². The van der Waals surface area contributed by atoms with E-state index in [1.165, 1.54) is 16.4 Å². The summed E-state index contributed by atoms with van der Waals surface area (Å²) in [5.74, 6) is -0.546. The Labute approximate surface area is 190 Å². The summed E-state index contributed by atoms with van der Waals surface area (Å²) < 4.78 is 41.5. The monoisotopic (exact) mass is 458 g/mol. The van der Waals surface area contributed by atoms with Gasteiger partial charge in [0.1, 0.15) is 5.82 Å². The minimum absolute atomic E-state index is 0.0335. The minimum Gasteiger partial charge on any atom is -0.346 e. The topological polar surface area (TPSA) is 66.5 Å². The molecule has 5 nitrogen and oxygen atoms in total. The molecule has 172 valence electrons. The molecular weight excluding hydrogens is 427 g/mol. The molecule has 1 saturated heterocycles. The molecule has 2 aliphatic rings. The number of hydrogen-bond acceptors (Lipinski definition) is 3. The first kappa shape index (κ1) is 22.9. The maximum atomic E-state index is 13.3. The van der Waals surface area contributed by atoms with Crippen molar-refractivity contribution in [2.75, 3.05) is 13.1 Å². The lowest BCUT2D eigenvalue weighted by atomic mass is 9.71. The largest absolute Gasteiger partial charge is 0.346 e. The van der Waals surface area contributed by atoms with E-state index in [0.717, 1.165) is 41.5 Å². The summed E-state index contributed by atoms with van der Waals surface area (Å²) in [6, 6.07) is 10.1. The van der Waals surface area contributed by atoms with Crippen molar-refractivity contribution < 1.29 is 17.6 Å². The Bertz CT molecular complexity index is 1090. The normalized spacial score (nSPS) is 19.4. The Morgan fingerprint density at radius 2 is 1.59 bits per heavy atom. The number of benzene rings is 2. The van der Waals surface area contributed by atoms with Crippen molar-refractivity contribution in [2.45, 2.75) is 63.3 Å². The van der Waals surface area contributed by atoms with E-state index in [0.29, 0.717) is 30.8 Å². The molecule has 0 atom stereocenters. The van der Waals surface area contributed by atoms with Gasteiger partial charge < -0.3 is 5.32 Å². The number of hydrogen-bond donors (Lipinski definition) is 1. The number of carbonyl (C=O) groups excluding carboxylic acids is 1. The van der Waals surface area contributed by atoms with Crippen LogP contribution in [0.15, 0.2) is 41.3 Å². The van der Waals surface area contributed by atoms with Crippen LogP contribution in [0.2, 0.25) is 0 Å². The van der Waals surface area contributed by atoms with Gasteiger partial charge >= 0.3 is 0 Å². The van der Waals surface area contributed by atoms with Crippen LogP contribution in [0.4, 0.5) is 4.39 Å². The summed E-state index contributed by atoms with van der Waals surface area (Å²) in [6.45, 7) is 6.29. The van der Waals surface area contributed by atoms with Gasteiger partial charge in [-0.25, -0.2) is 12.8 Å². The molecule has 32 heavy (non-hydrogen) atoms. The van der Waals surface area contributed by atoms with Crippen molar-refractivity contribution in [2.24, 2.45) is 5.92 Å². The van der Waals surface area contributed by atoms with Crippen LogP contribution in [0.1, 0.15) is 54.4 Å². The number of carbonyl (C=O) groups is 1. The van der Waals surface area contributed by atoms with Gasteiger partial charge in [-0.15, -0.1) is 0 Å². The molecule has 4 rings (SSSR count). The van der Waals surface area contributed by atoms with Crippen molar-refractivity contribution in [1.29, 1.82) is 0 Å². The van der Waals surface area contributed by atoms with Gasteiger partial charge in [0.05, 0.1) is 10.4 Å². The molecule has 0 unspecified atom stereocenters. The summed E-state index contributed by atoms with van der Waals surface area (Å²) in [7, 11) is -3.60. The Balaban J connectivity index is 1.43. The second-order valence-electron chi connectivity index (χ2n) is 9.34. The predicted octanol–water partition coefficient (Wildman–Crippen LogP) is 4.35.